The third-order valence-corrected chi connectivity index (χ3v) is 4.44. The van der Waals surface area contributed by atoms with Crippen molar-refractivity contribution in [3.63, 3.8) is 0 Å². The molecular weight excluding hydrogens is 356 g/mol. The molecule has 0 atom stereocenters. The van der Waals surface area contributed by atoms with E-state index in [1.807, 2.05) is 43.3 Å². The maximum atomic E-state index is 12.4. The van der Waals surface area contributed by atoms with Crippen molar-refractivity contribution in [1.29, 1.82) is 0 Å². The minimum atomic E-state index is -0.515. The van der Waals surface area contributed by atoms with E-state index in [0.717, 1.165) is 30.2 Å². The number of nitrogens with two attached hydrogens (primary N) is 1. The molecule has 1 aliphatic rings. The highest BCUT2D eigenvalue weighted by Crippen LogP contribution is 2.34. The standard InChI is InChI=1S/C20H26N6O2/c1-14(2)28-20(27)26(12-11-24(3)4)19-8-7-18(22-23-19)25-10-9-15-13-16(21)5-6-17(15)25/h5-8,13H,1,9-12,21H2,2-4H3. The van der Waals surface area contributed by atoms with Gasteiger partial charge in [-0.15, -0.1) is 10.2 Å². The zero-order valence-corrected chi connectivity index (χ0v) is 16.6. The highest BCUT2D eigenvalue weighted by molar-refractivity contribution is 5.87. The summed E-state index contributed by atoms with van der Waals surface area (Å²) in [6, 6.07) is 9.53. The third-order valence-electron chi connectivity index (χ3n) is 4.44. The number of carbonyl (C=O) groups excluding carboxylic acids is 1. The van der Waals surface area contributed by atoms with Crippen molar-refractivity contribution in [2.75, 3.05) is 49.3 Å². The molecule has 0 saturated heterocycles. The van der Waals surface area contributed by atoms with E-state index in [0.29, 0.717) is 24.7 Å². The highest BCUT2D eigenvalue weighted by Gasteiger charge is 2.24. The average Bonchev–Trinajstić information content (AvgIpc) is 3.04. The number of hydrogen-bond donors (Lipinski definition) is 1. The summed E-state index contributed by atoms with van der Waals surface area (Å²) < 4.78 is 5.17. The molecule has 2 N–H and O–H groups in total. The minimum Gasteiger partial charge on any atom is -0.415 e. The number of likely N-dealkylation sites (N-methyl/N-ethyl adjacent to an activating group) is 1. The van der Waals surface area contributed by atoms with Crippen molar-refractivity contribution in [2.45, 2.75) is 13.3 Å². The maximum Gasteiger partial charge on any atom is 0.420 e. The Morgan fingerprint density at radius 2 is 2.04 bits per heavy atom. The number of hydrogen-bond acceptors (Lipinski definition) is 7. The smallest absolute Gasteiger partial charge is 0.415 e. The van der Waals surface area contributed by atoms with E-state index in [4.69, 9.17) is 10.5 Å². The van der Waals surface area contributed by atoms with E-state index in [1.165, 1.54) is 10.5 Å². The second-order valence-corrected chi connectivity index (χ2v) is 7.06. The van der Waals surface area contributed by atoms with Crippen LogP contribution >= 0.6 is 0 Å². The van der Waals surface area contributed by atoms with E-state index in [2.05, 4.69) is 21.7 Å². The van der Waals surface area contributed by atoms with Gasteiger partial charge in [0.2, 0.25) is 0 Å². The third kappa shape index (κ3) is 4.40. The molecule has 0 bridgehead atoms. The van der Waals surface area contributed by atoms with Crippen molar-refractivity contribution >= 4 is 29.1 Å². The molecule has 0 spiro atoms. The lowest BCUT2D eigenvalue weighted by Crippen LogP contribution is -2.37. The summed E-state index contributed by atoms with van der Waals surface area (Å²) in [6.45, 7) is 7.17. The van der Waals surface area contributed by atoms with Crippen LogP contribution in [0.4, 0.5) is 27.8 Å². The molecule has 3 rings (SSSR count). The fourth-order valence-corrected chi connectivity index (χ4v) is 3.07. The predicted octanol–water partition coefficient (Wildman–Crippen LogP) is 2.79. The fraction of sp³-hybridized carbons (Fsp3) is 0.350. The van der Waals surface area contributed by atoms with E-state index in [9.17, 15) is 4.79 Å². The van der Waals surface area contributed by atoms with Gasteiger partial charge in [-0.2, -0.15) is 0 Å². The second-order valence-electron chi connectivity index (χ2n) is 7.06. The van der Waals surface area contributed by atoms with Gasteiger partial charge in [0.15, 0.2) is 11.6 Å². The molecule has 148 valence electrons. The van der Waals surface area contributed by atoms with Gasteiger partial charge in [-0.1, -0.05) is 6.58 Å². The monoisotopic (exact) mass is 382 g/mol. The van der Waals surface area contributed by atoms with Gasteiger partial charge in [0, 0.05) is 31.0 Å². The first-order valence-corrected chi connectivity index (χ1v) is 9.14. The minimum absolute atomic E-state index is 0.331. The Balaban J connectivity index is 1.81. The summed E-state index contributed by atoms with van der Waals surface area (Å²) in [5.74, 6) is 1.50. The Morgan fingerprint density at radius 1 is 1.25 bits per heavy atom. The first-order valence-electron chi connectivity index (χ1n) is 9.14. The van der Waals surface area contributed by atoms with Crippen LogP contribution in [0.2, 0.25) is 0 Å². The number of nitrogens with zero attached hydrogens (tertiary/aromatic N) is 5. The molecule has 8 nitrogen and oxygen atoms in total. The predicted molar refractivity (Wildman–Crippen MR) is 111 cm³/mol. The molecule has 0 saturated carbocycles. The van der Waals surface area contributed by atoms with Gasteiger partial charge >= 0.3 is 6.09 Å². The first-order chi connectivity index (χ1) is 13.3. The summed E-state index contributed by atoms with van der Waals surface area (Å²) in [5.41, 5.74) is 8.92. The highest BCUT2D eigenvalue weighted by atomic mass is 16.6. The van der Waals surface area contributed by atoms with Crippen molar-refractivity contribution in [1.82, 2.24) is 15.1 Å². The van der Waals surface area contributed by atoms with Crippen molar-refractivity contribution in [2.24, 2.45) is 0 Å². The number of anilines is 4. The number of nitrogen functional groups attached to an aromatic ring is 1. The number of carbonyl (C=O) groups is 1. The van der Waals surface area contributed by atoms with Gasteiger partial charge in [-0.3, -0.25) is 4.90 Å². The summed E-state index contributed by atoms with van der Waals surface area (Å²) in [4.78, 5) is 18.0. The number of benzene rings is 1. The summed E-state index contributed by atoms with van der Waals surface area (Å²) in [5, 5.41) is 8.63. The lowest BCUT2D eigenvalue weighted by molar-refractivity contribution is 0.183. The largest absolute Gasteiger partial charge is 0.420 e. The number of allylic oxidation sites excluding steroid dienone is 1. The number of amides is 1. The van der Waals surface area contributed by atoms with Gasteiger partial charge in [0.05, 0.1) is 5.76 Å². The maximum absolute atomic E-state index is 12.4. The van der Waals surface area contributed by atoms with Crippen molar-refractivity contribution in [3.05, 3.63) is 48.2 Å². The van der Waals surface area contributed by atoms with Gasteiger partial charge in [0.1, 0.15) is 0 Å². The van der Waals surface area contributed by atoms with Crippen LogP contribution in [0.1, 0.15) is 12.5 Å². The average molecular weight is 382 g/mol. The lowest BCUT2D eigenvalue weighted by Gasteiger charge is -2.23. The van der Waals surface area contributed by atoms with Gasteiger partial charge in [-0.05, 0) is 63.3 Å². The SMILES string of the molecule is C=C(C)OC(=O)N(CCN(C)C)c1ccc(N2CCc3cc(N)ccc32)nn1. The molecule has 28 heavy (non-hydrogen) atoms. The molecule has 2 heterocycles. The van der Waals surface area contributed by atoms with Crippen LogP contribution in [0.15, 0.2) is 42.7 Å². The Labute approximate surface area is 165 Å². The van der Waals surface area contributed by atoms with E-state index in [1.54, 1.807) is 13.0 Å². The normalized spacial score (nSPS) is 12.8. The zero-order chi connectivity index (χ0) is 20.3. The first kappa shape index (κ1) is 19.6. The van der Waals surface area contributed by atoms with Crippen molar-refractivity contribution in [3.8, 4) is 0 Å². The molecule has 1 aliphatic heterocycles. The summed E-state index contributed by atoms with van der Waals surface area (Å²) in [6.07, 6.45) is 0.391. The van der Waals surface area contributed by atoms with Crippen LogP contribution in [0.25, 0.3) is 0 Å². The quantitative estimate of drug-likeness (QED) is 0.607. The summed E-state index contributed by atoms with van der Waals surface area (Å²) in [7, 11) is 3.88. The van der Waals surface area contributed by atoms with Crippen molar-refractivity contribution < 1.29 is 9.53 Å². The van der Waals surface area contributed by atoms with Crippen LogP contribution in [-0.2, 0) is 11.2 Å². The molecular formula is C20H26N6O2. The van der Waals surface area contributed by atoms with E-state index >= 15 is 0 Å². The van der Waals surface area contributed by atoms with Gasteiger partial charge in [-0.25, -0.2) is 4.79 Å². The molecule has 1 aromatic carbocycles. The van der Waals surface area contributed by atoms with Gasteiger partial charge < -0.3 is 20.3 Å². The molecule has 8 heteroatoms. The fourth-order valence-electron chi connectivity index (χ4n) is 3.07. The van der Waals surface area contributed by atoms with Gasteiger partial charge in [0.25, 0.3) is 0 Å². The molecule has 0 aliphatic carbocycles. The molecule has 0 radical (unpaired) electrons. The van der Waals surface area contributed by atoms with E-state index in [-0.39, 0.29) is 0 Å². The zero-order valence-electron chi connectivity index (χ0n) is 16.6. The van der Waals surface area contributed by atoms with Crippen LogP contribution in [-0.4, -0.2) is 54.9 Å². The Hall–Kier alpha value is -3.13. The lowest BCUT2D eigenvalue weighted by atomic mass is 10.1. The number of fused-ring (bicyclic) bond motifs is 1. The number of aromatic nitrogens is 2. The topological polar surface area (TPSA) is 87.8 Å². The van der Waals surface area contributed by atoms with Crippen LogP contribution < -0.4 is 15.5 Å². The molecule has 2 aromatic rings. The summed E-state index contributed by atoms with van der Waals surface area (Å²) >= 11 is 0. The number of ether oxygens (including phenoxy) is 1. The Kier molecular flexibility index (Phi) is 5.79. The number of rotatable bonds is 6. The molecule has 1 amide bonds. The second kappa shape index (κ2) is 8.26. The Morgan fingerprint density at radius 3 is 2.68 bits per heavy atom. The van der Waals surface area contributed by atoms with Crippen LogP contribution in [0.5, 0.6) is 0 Å². The Bertz CT molecular complexity index is 865. The van der Waals surface area contributed by atoms with E-state index < -0.39 is 6.09 Å². The van der Waals surface area contributed by atoms with Crippen LogP contribution in [0.3, 0.4) is 0 Å². The van der Waals surface area contributed by atoms with Crippen LogP contribution in [0, 0.1) is 0 Å². The molecule has 0 fully saturated rings. The molecule has 0 unspecified atom stereocenters. The molecule has 1 aromatic heterocycles.